The second kappa shape index (κ2) is 8.49. The van der Waals surface area contributed by atoms with E-state index in [1.807, 2.05) is 58.9 Å². The lowest BCUT2D eigenvalue weighted by Crippen LogP contribution is -2.35. The van der Waals surface area contributed by atoms with Gasteiger partial charge in [-0.2, -0.15) is 0 Å². The van der Waals surface area contributed by atoms with Crippen LogP contribution >= 0.6 is 0 Å². The number of hydrogen-bond acceptors (Lipinski definition) is 4. The Hall–Kier alpha value is -2.14. The highest BCUT2D eigenvalue weighted by Gasteiger charge is 2.43. The minimum atomic E-state index is -0.564. The predicted octanol–water partition coefficient (Wildman–Crippen LogP) is 3.73. The Morgan fingerprint density at radius 3 is 2.46 bits per heavy atom. The van der Waals surface area contributed by atoms with Crippen molar-refractivity contribution in [3.05, 3.63) is 46.7 Å². The Morgan fingerprint density at radius 1 is 1.23 bits per heavy atom. The Morgan fingerprint density at radius 2 is 1.88 bits per heavy atom. The molecule has 1 aromatic carbocycles. The van der Waals surface area contributed by atoms with Crippen LogP contribution in [0.4, 0.5) is 0 Å². The van der Waals surface area contributed by atoms with E-state index in [-0.39, 0.29) is 23.4 Å². The first-order valence-corrected chi connectivity index (χ1v) is 9.18. The van der Waals surface area contributed by atoms with Gasteiger partial charge in [0.05, 0.1) is 24.3 Å². The molecule has 1 heterocycles. The van der Waals surface area contributed by atoms with Crippen molar-refractivity contribution in [1.29, 1.82) is 0 Å². The zero-order valence-corrected chi connectivity index (χ0v) is 16.3. The maximum absolute atomic E-state index is 12.8. The Bertz CT molecular complexity index is 706. The SMILES string of the molecule is Cc1ccccc1C1C(C(=O)CC(C)C)=C(O)C(=O)N1CCOC(C)C. The lowest BCUT2D eigenvalue weighted by molar-refractivity contribution is -0.130. The van der Waals surface area contributed by atoms with Gasteiger partial charge in [-0.1, -0.05) is 38.1 Å². The van der Waals surface area contributed by atoms with E-state index in [1.54, 1.807) is 4.90 Å². The van der Waals surface area contributed by atoms with E-state index in [0.717, 1.165) is 11.1 Å². The van der Waals surface area contributed by atoms with Crippen molar-refractivity contribution in [3.63, 3.8) is 0 Å². The minimum absolute atomic E-state index is 0.0493. The standard InChI is InChI=1S/C21H29NO4/c1-13(2)12-17(23)18-19(16-9-7-6-8-15(16)5)22(21(25)20(18)24)10-11-26-14(3)4/h6-9,13-14,19,24H,10-12H2,1-5H3. The maximum Gasteiger partial charge on any atom is 0.290 e. The van der Waals surface area contributed by atoms with Crippen LogP contribution in [0.5, 0.6) is 0 Å². The quantitative estimate of drug-likeness (QED) is 0.768. The maximum atomic E-state index is 12.8. The molecule has 0 aromatic heterocycles. The average Bonchev–Trinajstić information content (AvgIpc) is 2.79. The van der Waals surface area contributed by atoms with Crippen molar-refractivity contribution in [2.45, 2.75) is 53.2 Å². The van der Waals surface area contributed by atoms with Gasteiger partial charge in [0.2, 0.25) is 0 Å². The molecular weight excluding hydrogens is 330 g/mol. The fraction of sp³-hybridized carbons (Fsp3) is 0.524. The number of benzene rings is 1. The van der Waals surface area contributed by atoms with Gasteiger partial charge in [-0.15, -0.1) is 0 Å². The molecule has 1 aromatic rings. The van der Waals surface area contributed by atoms with Crippen LogP contribution in [0.2, 0.25) is 0 Å². The number of amides is 1. The molecule has 1 N–H and O–H groups in total. The van der Waals surface area contributed by atoms with Crippen molar-refractivity contribution < 1.29 is 19.4 Å². The number of aliphatic hydroxyl groups is 1. The predicted molar refractivity (Wildman–Crippen MR) is 101 cm³/mol. The topological polar surface area (TPSA) is 66.8 Å². The van der Waals surface area contributed by atoms with Crippen LogP contribution in [0.3, 0.4) is 0 Å². The summed E-state index contributed by atoms with van der Waals surface area (Å²) < 4.78 is 5.58. The summed E-state index contributed by atoms with van der Waals surface area (Å²) in [6, 6.07) is 7.09. The zero-order valence-electron chi connectivity index (χ0n) is 16.3. The third-order valence-corrected chi connectivity index (χ3v) is 4.46. The number of carbonyl (C=O) groups is 2. The number of Topliss-reactive ketones (excluding diaryl/α,β-unsaturated/α-hetero) is 1. The second-order valence-corrected chi connectivity index (χ2v) is 7.46. The summed E-state index contributed by atoms with van der Waals surface area (Å²) in [5.74, 6) is -0.953. The first-order valence-electron chi connectivity index (χ1n) is 9.18. The van der Waals surface area contributed by atoms with Crippen LogP contribution in [0.15, 0.2) is 35.6 Å². The molecule has 0 saturated carbocycles. The number of aryl methyl sites for hydroxylation is 1. The van der Waals surface area contributed by atoms with Crippen molar-refractivity contribution >= 4 is 11.7 Å². The summed E-state index contributed by atoms with van der Waals surface area (Å²) in [6.07, 6.45) is 0.346. The third kappa shape index (κ3) is 4.33. The molecule has 1 aliphatic heterocycles. The Kier molecular flexibility index (Phi) is 6.59. The van der Waals surface area contributed by atoms with Gasteiger partial charge in [-0.05, 0) is 37.8 Å². The van der Waals surface area contributed by atoms with Gasteiger partial charge in [0.25, 0.3) is 5.91 Å². The number of hydrogen-bond donors (Lipinski definition) is 1. The van der Waals surface area contributed by atoms with E-state index < -0.39 is 17.7 Å². The Labute approximate surface area is 155 Å². The van der Waals surface area contributed by atoms with Crippen molar-refractivity contribution in [2.75, 3.05) is 13.2 Å². The van der Waals surface area contributed by atoms with Gasteiger partial charge >= 0.3 is 0 Å². The molecule has 0 aliphatic carbocycles. The lowest BCUT2D eigenvalue weighted by atomic mass is 9.90. The van der Waals surface area contributed by atoms with Crippen LogP contribution in [-0.4, -0.2) is 41.0 Å². The molecule has 5 nitrogen and oxygen atoms in total. The van der Waals surface area contributed by atoms with Crippen LogP contribution in [0.1, 0.15) is 51.3 Å². The summed E-state index contributed by atoms with van der Waals surface area (Å²) in [7, 11) is 0. The van der Waals surface area contributed by atoms with Crippen LogP contribution in [-0.2, 0) is 14.3 Å². The van der Waals surface area contributed by atoms with E-state index in [9.17, 15) is 14.7 Å². The number of rotatable bonds is 8. The highest BCUT2D eigenvalue weighted by Crippen LogP contribution is 2.39. The number of carbonyl (C=O) groups excluding carboxylic acids is 2. The van der Waals surface area contributed by atoms with Gasteiger partial charge in [0, 0.05) is 13.0 Å². The zero-order chi connectivity index (χ0) is 19.4. The molecule has 26 heavy (non-hydrogen) atoms. The largest absolute Gasteiger partial charge is 0.503 e. The van der Waals surface area contributed by atoms with Crippen LogP contribution in [0, 0.1) is 12.8 Å². The number of aliphatic hydroxyl groups excluding tert-OH is 1. The number of ether oxygens (including phenoxy) is 1. The first-order chi connectivity index (χ1) is 12.2. The monoisotopic (exact) mass is 359 g/mol. The minimum Gasteiger partial charge on any atom is -0.503 e. The van der Waals surface area contributed by atoms with E-state index in [2.05, 4.69) is 0 Å². The summed E-state index contributed by atoms with van der Waals surface area (Å²) in [5, 5.41) is 10.5. The van der Waals surface area contributed by atoms with E-state index in [0.29, 0.717) is 19.6 Å². The van der Waals surface area contributed by atoms with Crippen molar-refractivity contribution in [1.82, 2.24) is 4.90 Å². The first kappa shape index (κ1) is 20.2. The molecule has 5 heteroatoms. The van der Waals surface area contributed by atoms with Crippen LogP contribution < -0.4 is 0 Å². The molecular formula is C21H29NO4. The number of ketones is 1. The summed E-state index contributed by atoms with van der Waals surface area (Å²) in [4.78, 5) is 27.0. The highest BCUT2D eigenvalue weighted by molar-refractivity contribution is 6.09. The van der Waals surface area contributed by atoms with Gasteiger partial charge in [0.15, 0.2) is 11.5 Å². The second-order valence-electron chi connectivity index (χ2n) is 7.46. The molecule has 1 amide bonds. The average molecular weight is 359 g/mol. The summed E-state index contributed by atoms with van der Waals surface area (Å²) in [6.45, 7) is 10.4. The van der Waals surface area contributed by atoms with Crippen molar-refractivity contribution in [3.8, 4) is 0 Å². The molecule has 2 rings (SSSR count). The van der Waals surface area contributed by atoms with Gasteiger partial charge in [-0.25, -0.2) is 0 Å². The lowest BCUT2D eigenvalue weighted by Gasteiger charge is -2.28. The number of nitrogens with zero attached hydrogens (tertiary/aromatic N) is 1. The molecule has 0 fully saturated rings. The van der Waals surface area contributed by atoms with Gasteiger partial charge in [-0.3, -0.25) is 9.59 Å². The fourth-order valence-corrected chi connectivity index (χ4v) is 3.25. The molecule has 1 aliphatic rings. The van der Waals surface area contributed by atoms with E-state index in [4.69, 9.17) is 4.74 Å². The normalized spacial score (nSPS) is 17.7. The molecule has 142 valence electrons. The van der Waals surface area contributed by atoms with Gasteiger partial charge in [0.1, 0.15) is 0 Å². The molecule has 0 spiro atoms. The van der Waals surface area contributed by atoms with E-state index in [1.165, 1.54) is 0 Å². The summed E-state index contributed by atoms with van der Waals surface area (Å²) >= 11 is 0. The van der Waals surface area contributed by atoms with Gasteiger partial charge < -0.3 is 14.7 Å². The Balaban J connectivity index is 2.42. The van der Waals surface area contributed by atoms with Crippen molar-refractivity contribution in [2.24, 2.45) is 5.92 Å². The van der Waals surface area contributed by atoms with E-state index >= 15 is 0 Å². The molecule has 1 unspecified atom stereocenters. The third-order valence-electron chi connectivity index (χ3n) is 4.46. The molecule has 0 radical (unpaired) electrons. The van der Waals surface area contributed by atoms with Crippen LogP contribution in [0.25, 0.3) is 0 Å². The highest BCUT2D eigenvalue weighted by atomic mass is 16.5. The fourth-order valence-electron chi connectivity index (χ4n) is 3.25. The summed E-state index contributed by atoms with van der Waals surface area (Å²) in [5.41, 5.74) is 2.05. The molecule has 0 bridgehead atoms. The molecule has 0 saturated heterocycles. The molecule has 1 atom stereocenters. The smallest absolute Gasteiger partial charge is 0.290 e.